The number of aliphatic imine (C=N–C) groups is 1. The first-order valence-electron chi connectivity index (χ1n) is 9.29. The average molecular weight is 360 g/mol. The predicted octanol–water partition coefficient (Wildman–Crippen LogP) is 1.02. The molecular formula is C18H28N6O2. The molecule has 0 aliphatic carbocycles. The molecule has 1 atom stereocenters. The van der Waals surface area contributed by atoms with Crippen LogP contribution < -0.4 is 10.6 Å². The van der Waals surface area contributed by atoms with E-state index in [1.54, 1.807) is 7.05 Å². The third kappa shape index (κ3) is 5.40. The number of aromatic nitrogens is 3. The van der Waals surface area contributed by atoms with Gasteiger partial charge in [0.25, 0.3) is 0 Å². The Bertz CT molecular complexity index is 696. The van der Waals surface area contributed by atoms with E-state index in [9.17, 15) is 0 Å². The van der Waals surface area contributed by atoms with Crippen LogP contribution in [0, 0.1) is 0 Å². The maximum Gasteiger partial charge on any atom is 0.190 e. The number of nitrogens with zero attached hydrogens (tertiary/aromatic N) is 4. The second-order valence-corrected chi connectivity index (χ2v) is 6.28. The quantitative estimate of drug-likeness (QED) is 0.395. The van der Waals surface area contributed by atoms with Crippen molar-refractivity contribution >= 4 is 11.6 Å². The monoisotopic (exact) mass is 360 g/mol. The number of rotatable bonds is 9. The van der Waals surface area contributed by atoms with E-state index in [4.69, 9.17) is 9.47 Å². The van der Waals surface area contributed by atoms with Crippen LogP contribution in [0.3, 0.4) is 0 Å². The molecule has 1 aliphatic rings. The van der Waals surface area contributed by atoms with Crippen molar-refractivity contribution in [1.29, 1.82) is 0 Å². The molecule has 8 heteroatoms. The van der Waals surface area contributed by atoms with Gasteiger partial charge in [0.2, 0.25) is 0 Å². The van der Waals surface area contributed by atoms with Crippen molar-refractivity contribution in [2.45, 2.75) is 31.8 Å². The first-order chi connectivity index (χ1) is 12.9. The predicted molar refractivity (Wildman–Crippen MR) is 100 cm³/mol. The fraction of sp³-hybridized carbons (Fsp3) is 0.611. The molecule has 3 rings (SSSR count). The number of pyridine rings is 1. The fourth-order valence-corrected chi connectivity index (χ4v) is 2.95. The molecule has 1 aliphatic heterocycles. The van der Waals surface area contributed by atoms with Crippen LogP contribution in [-0.4, -0.2) is 66.6 Å². The maximum atomic E-state index is 5.66. The van der Waals surface area contributed by atoms with Gasteiger partial charge in [0.05, 0.1) is 12.7 Å². The Morgan fingerprint density at radius 2 is 2.27 bits per heavy atom. The Hall–Kier alpha value is -2.19. The summed E-state index contributed by atoms with van der Waals surface area (Å²) in [5, 5.41) is 15.0. The van der Waals surface area contributed by atoms with Crippen LogP contribution in [0.2, 0.25) is 0 Å². The summed E-state index contributed by atoms with van der Waals surface area (Å²) in [5.74, 6) is 1.73. The van der Waals surface area contributed by atoms with Gasteiger partial charge in [0.1, 0.15) is 5.82 Å². The van der Waals surface area contributed by atoms with E-state index in [1.807, 2.05) is 28.8 Å². The average Bonchev–Trinajstić information content (AvgIpc) is 3.33. The molecular weight excluding hydrogens is 332 g/mol. The van der Waals surface area contributed by atoms with Crippen molar-refractivity contribution in [1.82, 2.24) is 25.2 Å². The lowest BCUT2D eigenvalue weighted by Crippen LogP contribution is -2.39. The van der Waals surface area contributed by atoms with Gasteiger partial charge in [-0.25, -0.2) is 0 Å². The molecule has 3 heterocycles. The Balaban J connectivity index is 1.28. The van der Waals surface area contributed by atoms with E-state index in [2.05, 4.69) is 25.8 Å². The number of ether oxygens (including phenoxy) is 2. The summed E-state index contributed by atoms with van der Waals surface area (Å²) in [5.41, 5.74) is 0.869. The Morgan fingerprint density at radius 3 is 3.12 bits per heavy atom. The minimum absolute atomic E-state index is 0.297. The molecule has 0 aromatic carbocycles. The molecule has 142 valence electrons. The van der Waals surface area contributed by atoms with Gasteiger partial charge in [-0.1, -0.05) is 6.07 Å². The Labute approximate surface area is 154 Å². The molecule has 1 fully saturated rings. The number of nitrogens with one attached hydrogen (secondary N) is 2. The first-order valence-corrected chi connectivity index (χ1v) is 9.29. The van der Waals surface area contributed by atoms with Crippen LogP contribution in [0.1, 0.15) is 25.1 Å². The molecule has 2 aromatic rings. The maximum absolute atomic E-state index is 5.66. The van der Waals surface area contributed by atoms with E-state index in [0.717, 1.165) is 69.4 Å². The second-order valence-electron chi connectivity index (χ2n) is 6.28. The molecule has 2 aromatic heterocycles. The molecule has 1 unspecified atom stereocenters. The Morgan fingerprint density at radius 1 is 1.35 bits per heavy atom. The number of hydrogen-bond acceptors (Lipinski definition) is 5. The fourth-order valence-electron chi connectivity index (χ4n) is 2.95. The topological polar surface area (TPSA) is 85.1 Å². The molecule has 2 N–H and O–H groups in total. The lowest BCUT2D eigenvalue weighted by atomic mass is 10.2. The lowest BCUT2D eigenvalue weighted by Gasteiger charge is -2.12. The molecule has 0 radical (unpaired) electrons. The van der Waals surface area contributed by atoms with Crippen molar-refractivity contribution in [3.05, 3.63) is 30.2 Å². The van der Waals surface area contributed by atoms with E-state index in [-0.39, 0.29) is 0 Å². The van der Waals surface area contributed by atoms with Crippen LogP contribution in [0.5, 0.6) is 0 Å². The van der Waals surface area contributed by atoms with Crippen molar-refractivity contribution in [3.63, 3.8) is 0 Å². The highest BCUT2D eigenvalue weighted by Gasteiger charge is 2.14. The number of hydrogen-bond donors (Lipinski definition) is 2. The largest absolute Gasteiger partial charge is 0.379 e. The van der Waals surface area contributed by atoms with E-state index in [0.29, 0.717) is 12.7 Å². The van der Waals surface area contributed by atoms with Crippen molar-refractivity contribution in [2.75, 3.05) is 40.0 Å². The molecule has 0 saturated carbocycles. The summed E-state index contributed by atoms with van der Waals surface area (Å²) < 4.78 is 13.2. The van der Waals surface area contributed by atoms with Gasteiger partial charge in [0, 0.05) is 46.0 Å². The van der Waals surface area contributed by atoms with Gasteiger partial charge in [-0.2, -0.15) is 0 Å². The summed E-state index contributed by atoms with van der Waals surface area (Å²) in [6, 6.07) is 5.89. The van der Waals surface area contributed by atoms with Crippen molar-refractivity contribution < 1.29 is 9.47 Å². The van der Waals surface area contributed by atoms with Gasteiger partial charge in [-0.05, 0) is 31.4 Å². The Kier molecular flexibility index (Phi) is 7.21. The van der Waals surface area contributed by atoms with Gasteiger partial charge >= 0.3 is 0 Å². The summed E-state index contributed by atoms with van der Waals surface area (Å²) in [7, 11) is 1.77. The van der Waals surface area contributed by atoms with Crippen molar-refractivity contribution in [3.8, 4) is 0 Å². The summed E-state index contributed by atoms with van der Waals surface area (Å²) in [4.78, 5) is 4.24. The smallest absolute Gasteiger partial charge is 0.190 e. The summed E-state index contributed by atoms with van der Waals surface area (Å²) in [6.45, 7) is 3.88. The SMILES string of the molecule is CN=C(NCCCOCC1CCCO1)NCCc1nnc2ccccn12. The minimum Gasteiger partial charge on any atom is -0.379 e. The van der Waals surface area contributed by atoms with Crippen LogP contribution in [0.4, 0.5) is 0 Å². The molecule has 8 nitrogen and oxygen atoms in total. The zero-order chi connectivity index (χ0) is 18.0. The molecule has 1 saturated heterocycles. The number of guanidine groups is 1. The van der Waals surface area contributed by atoms with Gasteiger partial charge in [0.15, 0.2) is 11.6 Å². The minimum atomic E-state index is 0.297. The van der Waals surface area contributed by atoms with Gasteiger partial charge < -0.3 is 20.1 Å². The standard InChI is InChI=1S/C18H28N6O2/c1-19-18(20-9-5-12-25-14-15-6-4-13-26-15)21-10-8-17-23-22-16-7-2-3-11-24(16)17/h2-3,7,11,15H,4-6,8-10,12-14H2,1H3,(H2,19,20,21). The van der Waals surface area contributed by atoms with Gasteiger partial charge in [-0.3, -0.25) is 9.39 Å². The lowest BCUT2D eigenvalue weighted by molar-refractivity contribution is 0.0168. The summed E-state index contributed by atoms with van der Waals surface area (Å²) >= 11 is 0. The molecule has 26 heavy (non-hydrogen) atoms. The molecule has 0 spiro atoms. The van der Waals surface area contributed by atoms with Crippen LogP contribution in [-0.2, 0) is 15.9 Å². The van der Waals surface area contributed by atoms with Crippen LogP contribution >= 0.6 is 0 Å². The molecule has 0 bridgehead atoms. The van der Waals surface area contributed by atoms with E-state index < -0.39 is 0 Å². The normalized spacial score (nSPS) is 17.7. The highest BCUT2D eigenvalue weighted by Crippen LogP contribution is 2.11. The zero-order valence-electron chi connectivity index (χ0n) is 15.4. The van der Waals surface area contributed by atoms with Crippen LogP contribution in [0.25, 0.3) is 5.65 Å². The number of fused-ring (bicyclic) bond motifs is 1. The second kappa shape index (κ2) is 10.1. The highest BCUT2D eigenvalue weighted by atomic mass is 16.5. The van der Waals surface area contributed by atoms with E-state index >= 15 is 0 Å². The summed E-state index contributed by atoms with van der Waals surface area (Å²) in [6.07, 6.45) is 6.26. The van der Waals surface area contributed by atoms with Crippen molar-refractivity contribution in [2.24, 2.45) is 4.99 Å². The zero-order valence-corrected chi connectivity index (χ0v) is 15.4. The van der Waals surface area contributed by atoms with E-state index in [1.165, 1.54) is 0 Å². The molecule has 0 amide bonds. The third-order valence-corrected chi connectivity index (χ3v) is 4.33. The highest BCUT2D eigenvalue weighted by molar-refractivity contribution is 5.79. The van der Waals surface area contributed by atoms with Crippen LogP contribution in [0.15, 0.2) is 29.4 Å². The van der Waals surface area contributed by atoms with Gasteiger partial charge in [-0.15, -0.1) is 10.2 Å². The third-order valence-electron chi connectivity index (χ3n) is 4.33. The first kappa shape index (κ1) is 18.6.